The lowest BCUT2D eigenvalue weighted by atomic mass is 10.2. The van der Waals surface area contributed by atoms with Gasteiger partial charge in [-0.2, -0.15) is 13.5 Å². The SMILES string of the molecule is COc1cc(O)c(/C=N/NS(=O)(=O)c2ccc(C)cc2)c(OC)c1. The first-order valence-electron chi connectivity index (χ1n) is 6.94. The fourth-order valence-electron chi connectivity index (χ4n) is 1.93. The van der Waals surface area contributed by atoms with E-state index in [9.17, 15) is 13.5 Å². The lowest BCUT2D eigenvalue weighted by Crippen LogP contribution is -2.18. The van der Waals surface area contributed by atoms with E-state index in [4.69, 9.17) is 9.47 Å². The van der Waals surface area contributed by atoms with E-state index in [0.29, 0.717) is 11.5 Å². The predicted molar refractivity (Wildman–Crippen MR) is 90.3 cm³/mol. The average molecular weight is 350 g/mol. The van der Waals surface area contributed by atoms with Crippen LogP contribution < -0.4 is 14.3 Å². The molecule has 0 spiro atoms. The van der Waals surface area contributed by atoms with Gasteiger partial charge in [0.1, 0.15) is 17.2 Å². The largest absolute Gasteiger partial charge is 0.507 e. The van der Waals surface area contributed by atoms with Gasteiger partial charge in [0, 0.05) is 12.1 Å². The summed E-state index contributed by atoms with van der Waals surface area (Å²) in [5.74, 6) is 0.552. The number of methoxy groups -OCH3 is 2. The normalized spacial score (nSPS) is 11.5. The zero-order valence-corrected chi connectivity index (χ0v) is 14.3. The number of phenols is 1. The van der Waals surface area contributed by atoms with Crippen LogP contribution in [0.5, 0.6) is 17.2 Å². The molecule has 0 amide bonds. The van der Waals surface area contributed by atoms with E-state index in [1.165, 1.54) is 38.6 Å². The topological polar surface area (TPSA) is 97.2 Å². The first-order valence-corrected chi connectivity index (χ1v) is 8.42. The minimum absolute atomic E-state index is 0.0937. The van der Waals surface area contributed by atoms with E-state index in [0.717, 1.165) is 5.56 Å². The van der Waals surface area contributed by atoms with Gasteiger partial charge in [-0.05, 0) is 19.1 Å². The number of aryl methyl sites for hydroxylation is 1. The summed E-state index contributed by atoms with van der Waals surface area (Å²) in [4.78, 5) is 2.19. The van der Waals surface area contributed by atoms with Gasteiger partial charge in [0.2, 0.25) is 0 Å². The van der Waals surface area contributed by atoms with Gasteiger partial charge in [-0.15, -0.1) is 0 Å². The Labute approximate surface area is 140 Å². The second-order valence-corrected chi connectivity index (χ2v) is 6.59. The van der Waals surface area contributed by atoms with Crippen LogP contribution in [0.15, 0.2) is 46.4 Å². The van der Waals surface area contributed by atoms with E-state index in [1.807, 2.05) is 6.92 Å². The molecular formula is C16H18N2O5S. The van der Waals surface area contributed by atoms with Gasteiger partial charge in [-0.1, -0.05) is 17.7 Å². The van der Waals surface area contributed by atoms with Crippen molar-refractivity contribution < 1.29 is 23.0 Å². The maximum absolute atomic E-state index is 12.1. The molecule has 0 radical (unpaired) electrons. The monoisotopic (exact) mass is 350 g/mol. The molecule has 0 bridgehead atoms. The molecule has 0 unspecified atom stereocenters. The van der Waals surface area contributed by atoms with Crippen molar-refractivity contribution in [3.05, 3.63) is 47.5 Å². The molecule has 0 atom stereocenters. The number of nitrogens with one attached hydrogen (secondary N) is 1. The van der Waals surface area contributed by atoms with Crippen LogP contribution in [0, 0.1) is 6.92 Å². The summed E-state index contributed by atoms with van der Waals surface area (Å²) in [6, 6.07) is 9.28. The molecule has 2 rings (SSSR count). The van der Waals surface area contributed by atoms with Gasteiger partial charge in [0.25, 0.3) is 10.0 Å². The maximum Gasteiger partial charge on any atom is 0.276 e. The summed E-state index contributed by atoms with van der Waals surface area (Å²) in [6.45, 7) is 1.86. The average Bonchev–Trinajstić information content (AvgIpc) is 2.56. The summed E-state index contributed by atoms with van der Waals surface area (Å²) in [6.07, 6.45) is 1.17. The Balaban J connectivity index is 2.24. The number of phenolic OH excluding ortho intramolecular Hbond substituents is 1. The van der Waals surface area contributed by atoms with Gasteiger partial charge < -0.3 is 14.6 Å². The summed E-state index contributed by atoms with van der Waals surface area (Å²) in [5.41, 5.74) is 1.18. The highest BCUT2D eigenvalue weighted by Crippen LogP contribution is 2.31. The van der Waals surface area contributed by atoms with Crippen LogP contribution in [0.4, 0.5) is 0 Å². The van der Waals surface area contributed by atoms with Gasteiger partial charge in [-0.3, -0.25) is 0 Å². The molecule has 7 nitrogen and oxygen atoms in total. The molecule has 0 saturated heterocycles. The van der Waals surface area contributed by atoms with Gasteiger partial charge in [0.05, 0.1) is 30.9 Å². The molecule has 0 fully saturated rings. The summed E-state index contributed by atoms with van der Waals surface area (Å²) >= 11 is 0. The van der Waals surface area contributed by atoms with E-state index >= 15 is 0 Å². The van der Waals surface area contributed by atoms with Crippen molar-refractivity contribution in [2.45, 2.75) is 11.8 Å². The van der Waals surface area contributed by atoms with Crippen LogP contribution in [0.25, 0.3) is 0 Å². The standard InChI is InChI=1S/C16H18N2O5S/c1-11-4-6-13(7-5-11)24(20,21)18-17-10-14-15(19)8-12(22-2)9-16(14)23-3/h4-10,18-19H,1-3H3/b17-10+. The van der Waals surface area contributed by atoms with Gasteiger partial charge in [-0.25, -0.2) is 4.83 Å². The molecule has 0 aliphatic heterocycles. The molecule has 0 heterocycles. The van der Waals surface area contributed by atoms with Crippen molar-refractivity contribution in [3.63, 3.8) is 0 Å². The minimum Gasteiger partial charge on any atom is -0.507 e. The smallest absolute Gasteiger partial charge is 0.276 e. The Hall–Kier alpha value is -2.74. The second-order valence-electron chi connectivity index (χ2n) is 4.93. The third-order valence-corrected chi connectivity index (χ3v) is 4.49. The number of nitrogens with zero attached hydrogens (tertiary/aromatic N) is 1. The molecule has 0 aliphatic carbocycles. The van der Waals surface area contributed by atoms with E-state index < -0.39 is 10.0 Å². The lowest BCUT2D eigenvalue weighted by Gasteiger charge is -2.09. The van der Waals surface area contributed by atoms with Crippen molar-refractivity contribution in [2.75, 3.05) is 14.2 Å². The van der Waals surface area contributed by atoms with E-state index in [-0.39, 0.29) is 16.2 Å². The number of rotatable bonds is 6. The third kappa shape index (κ3) is 3.96. The Kier molecular flexibility index (Phi) is 5.30. The van der Waals surface area contributed by atoms with Crippen LogP contribution in [-0.2, 0) is 10.0 Å². The number of hydrazone groups is 1. The zero-order chi connectivity index (χ0) is 17.7. The number of benzene rings is 2. The van der Waals surface area contributed by atoms with Crippen LogP contribution >= 0.6 is 0 Å². The molecule has 2 aromatic carbocycles. The number of hydrogen-bond acceptors (Lipinski definition) is 6. The highest BCUT2D eigenvalue weighted by Gasteiger charge is 2.13. The molecule has 8 heteroatoms. The Bertz CT molecular complexity index is 846. The van der Waals surface area contributed by atoms with Crippen molar-refractivity contribution in [1.29, 1.82) is 0 Å². The highest BCUT2D eigenvalue weighted by molar-refractivity contribution is 7.89. The number of aromatic hydroxyl groups is 1. The third-order valence-electron chi connectivity index (χ3n) is 3.25. The van der Waals surface area contributed by atoms with Crippen LogP contribution in [-0.4, -0.2) is 34.0 Å². The van der Waals surface area contributed by atoms with Crippen molar-refractivity contribution in [3.8, 4) is 17.2 Å². The number of hydrogen-bond donors (Lipinski definition) is 2. The van der Waals surface area contributed by atoms with Gasteiger partial charge in [0.15, 0.2) is 0 Å². The molecular weight excluding hydrogens is 332 g/mol. The maximum atomic E-state index is 12.1. The van der Waals surface area contributed by atoms with E-state index in [2.05, 4.69) is 9.93 Å². The quantitative estimate of drug-likeness (QED) is 0.614. The fraction of sp³-hybridized carbons (Fsp3) is 0.188. The van der Waals surface area contributed by atoms with Gasteiger partial charge >= 0.3 is 0 Å². The molecule has 0 aromatic heterocycles. The molecule has 24 heavy (non-hydrogen) atoms. The number of ether oxygens (including phenoxy) is 2. The first kappa shape index (κ1) is 17.6. The van der Waals surface area contributed by atoms with Crippen molar-refractivity contribution in [1.82, 2.24) is 4.83 Å². The molecule has 2 N–H and O–H groups in total. The molecule has 0 aliphatic rings. The van der Waals surface area contributed by atoms with Crippen LogP contribution in [0.2, 0.25) is 0 Å². The van der Waals surface area contributed by atoms with Crippen LogP contribution in [0.1, 0.15) is 11.1 Å². The summed E-state index contributed by atoms with van der Waals surface area (Å²) in [5, 5.41) is 13.7. The van der Waals surface area contributed by atoms with Crippen molar-refractivity contribution in [2.24, 2.45) is 5.10 Å². The Morgan fingerprint density at radius 2 is 1.79 bits per heavy atom. The molecule has 128 valence electrons. The summed E-state index contributed by atoms with van der Waals surface area (Å²) < 4.78 is 34.4. The predicted octanol–water partition coefficient (Wildman–Crippen LogP) is 2.03. The minimum atomic E-state index is -3.79. The van der Waals surface area contributed by atoms with E-state index in [1.54, 1.807) is 18.2 Å². The Morgan fingerprint density at radius 3 is 2.38 bits per heavy atom. The zero-order valence-electron chi connectivity index (χ0n) is 13.5. The number of sulfonamides is 1. The fourth-order valence-corrected chi connectivity index (χ4v) is 2.73. The van der Waals surface area contributed by atoms with Crippen molar-refractivity contribution >= 4 is 16.2 Å². The lowest BCUT2D eigenvalue weighted by molar-refractivity contribution is 0.384. The molecule has 2 aromatic rings. The second kappa shape index (κ2) is 7.22. The highest BCUT2D eigenvalue weighted by atomic mass is 32.2. The Morgan fingerprint density at radius 1 is 1.12 bits per heavy atom. The van der Waals surface area contributed by atoms with Crippen LogP contribution in [0.3, 0.4) is 0 Å². The first-order chi connectivity index (χ1) is 11.4. The summed E-state index contributed by atoms with van der Waals surface area (Å²) in [7, 11) is -0.913. The molecule has 0 saturated carbocycles.